The minimum Gasteiger partial charge on any atom is -0.342 e. The second kappa shape index (κ2) is 6.24. The zero-order valence-corrected chi connectivity index (χ0v) is 13.9. The number of carbonyl (C=O) groups excluding carboxylic acids is 1. The van der Waals surface area contributed by atoms with Gasteiger partial charge in [0.05, 0.1) is 5.01 Å². The van der Waals surface area contributed by atoms with Crippen molar-refractivity contribution in [2.24, 2.45) is 5.92 Å². The maximum Gasteiger partial charge on any atom is 0.226 e. The molecule has 4 rings (SSSR count). The van der Waals surface area contributed by atoms with Crippen molar-refractivity contribution in [3.63, 3.8) is 0 Å². The van der Waals surface area contributed by atoms with E-state index < -0.39 is 11.6 Å². The maximum absolute atomic E-state index is 13.9. The van der Waals surface area contributed by atoms with Gasteiger partial charge in [-0.05, 0) is 48.9 Å². The van der Waals surface area contributed by atoms with Crippen LogP contribution in [0.2, 0.25) is 0 Å². The SMILES string of the molecule is O=C(C1CC1c1cc(F)ccc1F)N1CCCC(c2nccs2)C1. The molecule has 3 atom stereocenters. The quantitative estimate of drug-likeness (QED) is 0.842. The van der Waals surface area contributed by atoms with Crippen LogP contribution in [0, 0.1) is 17.6 Å². The van der Waals surface area contributed by atoms with Gasteiger partial charge in [0.1, 0.15) is 11.6 Å². The Kier molecular flexibility index (Phi) is 4.08. The Hall–Kier alpha value is -1.82. The van der Waals surface area contributed by atoms with E-state index in [2.05, 4.69) is 4.98 Å². The molecule has 126 valence electrons. The Bertz CT molecular complexity index is 749. The number of halogens is 2. The van der Waals surface area contributed by atoms with Crippen LogP contribution in [-0.4, -0.2) is 28.9 Å². The molecule has 1 amide bonds. The van der Waals surface area contributed by atoms with Gasteiger partial charge >= 0.3 is 0 Å². The van der Waals surface area contributed by atoms with Gasteiger partial charge in [0, 0.05) is 36.5 Å². The smallest absolute Gasteiger partial charge is 0.226 e. The van der Waals surface area contributed by atoms with Crippen LogP contribution in [0.4, 0.5) is 8.78 Å². The fourth-order valence-corrected chi connectivity index (χ4v) is 4.43. The van der Waals surface area contributed by atoms with Crippen molar-refractivity contribution < 1.29 is 13.6 Å². The summed E-state index contributed by atoms with van der Waals surface area (Å²) in [6.45, 7) is 1.43. The van der Waals surface area contributed by atoms with E-state index in [4.69, 9.17) is 0 Å². The van der Waals surface area contributed by atoms with Crippen LogP contribution in [-0.2, 0) is 4.79 Å². The van der Waals surface area contributed by atoms with Crippen molar-refractivity contribution in [1.82, 2.24) is 9.88 Å². The minimum atomic E-state index is -0.452. The molecule has 2 heterocycles. The van der Waals surface area contributed by atoms with Crippen molar-refractivity contribution in [3.8, 4) is 0 Å². The first-order valence-corrected chi connectivity index (χ1v) is 9.14. The summed E-state index contributed by atoms with van der Waals surface area (Å²) in [4.78, 5) is 19.0. The molecule has 2 fully saturated rings. The highest BCUT2D eigenvalue weighted by molar-refractivity contribution is 7.09. The second-order valence-corrected chi connectivity index (χ2v) is 7.53. The number of benzene rings is 1. The molecule has 6 heteroatoms. The Morgan fingerprint density at radius 2 is 2.21 bits per heavy atom. The average molecular weight is 348 g/mol. The molecular weight excluding hydrogens is 330 g/mol. The largest absolute Gasteiger partial charge is 0.342 e. The van der Waals surface area contributed by atoms with Crippen LogP contribution in [0.5, 0.6) is 0 Å². The number of nitrogens with zero attached hydrogens (tertiary/aromatic N) is 2. The standard InChI is InChI=1S/C18H18F2N2OS/c19-12-3-4-16(20)14(8-12)13-9-15(13)18(23)22-6-1-2-11(10-22)17-21-5-7-24-17/h3-5,7-8,11,13,15H,1-2,6,9-10H2. The fourth-order valence-electron chi connectivity index (χ4n) is 3.66. The Morgan fingerprint density at radius 1 is 1.33 bits per heavy atom. The van der Waals surface area contributed by atoms with E-state index >= 15 is 0 Å². The van der Waals surface area contributed by atoms with Gasteiger partial charge in [-0.1, -0.05) is 0 Å². The summed E-state index contributed by atoms with van der Waals surface area (Å²) >= 11 is 1.63. The highest BCUT2D eigenvalue weighted by Crippen LogP contribution is 2.49. The number of thiazole rings is 1. The van der Waals surface area contributed by atoms with E-state index in [9.17, 15) is 13.6 Å². The lowest BCUT2D eigenvalue weighted by Gasteiger charge is -2.32. The first-order valence-electron chi connectivity index (χ1n) is 8.26. The van der Waals surface area contributed by atoms with Crippen LogP contribution in [0.3, 0.4) is 0 Å². The van der Waals surface area contributed by atoms with Crippen molar-refractivity contribution in [3.05, 3.63) is 52.0 Å². The molecule has 0 bridgehead atoms. The van der Waals surface area contributed by atoms with E-state index in [1.54, 1.807) is 17.5 Å². The molecule has 1 aliphatic carbocycles. The van der Waals surface area contributed by atoms with Gasteiger partial charge in [-0.25, -0.2) is 13.8 Å². The van der Waals surface area contributed by atoms with Gasteiger partial charge in [0.25, 0.3) is 0 Å². The fraction of sp³-hybridized carbons (Fsp3) is 0.444. The number of amides is 1. The molecule has 0 radical (unpaired) electrons. The third-order valence-corrected chi connectivity index (χ3v) is 5.94. The van der Waals surface area contributed by atoms with Crippen LogP contribution >= 0.6 is 11.3 Å². The predicted octanol–water partition coefficient (Wildman–Crippen LogP) is 3.93. The summed E-state index contributed by atoms with van der Waals surface area (Å²) in [5.74, 6) is -0.900. The first kappa shape index (κ1) is 15.7. The topological polar surface area (TPSA) is 33.2 Å². The van der Waals surface area contributed by atoms with E-state index in [0.717, 1.165) is 36.5 Å². The van der Waals surface area contributed by atoms with Gasteiger partial charge < -0.3 is 4.90 Å². The van der Waals surface area contributed by atoms with Gasteiger partial charge in [0.2, 0.25) is 5.91 Å². The molecule has 3 nitrogen and oxygen atoms in total. The number of piperidine rings is 1. The second-order valence-electron chi connectivity index (χ2n) is 6.61. The lowest BCUT2D eigenvalue weighted by atomic mass is 9.98. The Labute approximate surface area is 143 Å². The highest BCUT2D eigenvalue weighted by atomic mass is 32.1. The molecule has 1 aromatic carbocycles. The normalized spacial score (nSPS) is 26.4. The van der Waals surface area contributed by atoms with Gasteiger partial charge in [-0.3, -0.25) is 4.79 Å². The van der Waals surface area contributed by atoms with Gasteiger partial charge in [0.15, 0.2) is 0 Å². The van der Waals surface area contributed by atoms with Crippen molar-refractivity contribution in [2.45, 2.75) is 31.1 Å². The summed E-state index contributed by atoms with van der Waals surface area (Å²) in [6, 6.07) is 3.48. The number of carbonyl (C=O) groups is 1. The molecule has 1 aromatic heterocycles. The average Bonchev–Trinajstić information content (AvgIpc) is 3.19. The summed E-state index contributed by atoms with van der Waals surface area (Å²) in [6.07, 6.45) is 4.41. The van der Waals surface area contributed by atoms with Crippen LogP contribution < -0.4 is 0 Å². The number of aromatic nitrogens is 1. The first-order chi connectivity index (χ1) is 11.6. The summed E-state index contributed by atoms with van der Waals surface area (Å²) in [7, 11) is 0. The molecule has 1 aliphatic heterocycles. The van der Waals surface area contributed by atoms with Crippen LogP contribution in [0.25, 0.3) is 0 Å². The zero-order valence-electron chi connectivity index (χ0n) is 13.1. The van der Waals surface area contributed by atoms with Gasteiger partial charge in [-0.15, -0.1) is 11.3 Å². The highest BCUT2D eigenvalue weighted by Gasteiger charge is 2.47. The summed E-state index contributed by atoms with van der Waals surface area (Å²) in [5.41, 5.74) is 0.335. The van der Waals surface area contributed by atoms with Crippen molar-refractivity contribution in [1.29, 1.82) is 0 Å². The molecule has 3 unspecified atom stereocenters. The third kappa shape index (κ3) is 2.95. The maximum atomic E-state index is 13.9. The molecular formula is C18H18F2N2OS. The van der Waals surface area contributed by atoms with Crippen molar-refractivity contribution >= 4 is 17.2 Å². The number of hydrogen-bond acceptors (Lipinski definition) is 3. The van der Waals surface area contributed by atoms with Crippen LogP contribution in [0.15, 0.2) is 29.8 Å². The third-order valence-electron chi connectivity index (χ3n) is 5.00. The van der Waals surface area contributed by atoms with Crippen LogP contribution in [0.1, 0.15) is 41.7 Å². The van der Waals surface area contributed by atoms with Gasteiger partial charge in [-0.2, -0.15) is 0 Å². The lowest BCUT2D eigenvalue weighted by Crippen LogP contribution is -2.40. The van der Waals surface area contributed by atoms with Crippen molar-refractivity contribution in [2.75, 3.05) is 13.1 Å². The molecule has 0 N–H and O–H groups in total. The Morgan fingerprint density at radius 3 is 3.00 bits per heavy atom. The lowest BCUT2D eigenvalue weighted by molar-refractivity contribution is -0.133. The molecule has 2 aromatic rings. The van der Waals surface area contributed by atoms with E-state index in [0.29, 0.717) is 24.4 Å². The Balaban J connectivity index is 1.44. The predicted molar refractivity (Wildman–Crippen MR) is 87.9 cm³/mol. The zero-order chi connectivity index (χ0) is 16.7. The number of hydrogen-bond donors (Lipinski definition) is 0. The number of likely N-dealkylation sites (tertiary alicyclic amines) is 1. The minimum absolute atomic E-state index is 0.0740. The molecule has 0 spiro atoms. The molecule has 2 aliphatic rings. The molecule has 1 saturated heterocycles. The molecule has 1 saturated carbocycles. The monoisotopic (exact) mass is 348 g/mol. The summed E-state index contributed by atoms with van der Waals surface area (Å²) < 4.78 is 27.2. The van der Waals surface area contributed by atoms with E-state index in [1.807, 2.05) is 10.3 Å². The van der Waals surface area contributed by atoms with E-state index in [1.165, 1.54) is 6.07 Å². The number of rotatable bonds is 3. The van der Waals surface area contributed by atoms with E-state index in [-0.39, 0.29) is 17.7 Å². The summed E-state index contributed by atoms with van der Waals surface area (Å²) in [5, 5.41) is 3.04. The molecule has 24 heavy (non-hydrogen) atoms.